The zero-order chi connectivity index (χ0) is 15.7. The van der Waals surface area contributed by atoms with E-state index >= 15 is 0 Å². The van der Waals surface area contributed by atoms with E-state index in [0.29, 0.717) is 13.1 Å². The highest BCUT2D eigenvalue weighted by atomic mass is 16.5. The highest BCUT2D eigenvalue weighted by Gasteiger charge is 2.19. The van der Waals surface area contributed by atoms with Crippen LogP contribution in [0, 0.1) is 0 Å². The van der Waals surface area contributed by atoms with Crippen LogP contribution in [0.25, 0.3) is 21.5 Å². The summed E-state index contributed by atoms with van der Waals surface area (Å²) in [5, 5.41) is 4.30. The van der Waals surface area contributed by atoms with Crippen LogP contribution in [0.4, 0.5) is 0 Å². The zero-order valence-electron chi connectivity index (χ0n) is 12.8. The molecule has 0 radical (unpaired) electrons. The predicted molar refractivity (Wildman–Crippen MR) is 90.3 cm³/mol. The van der Waals surface area contributed by atoms with Crippen molar-refractivity contribution in [3.05, 3.63) is 47.5 Å². The van der Waals surface area contributed by atoms with Gasteiger partial charge in [-0.3, -0.25) is 0 Å². The van der Waals surface area contributed by atoms with Crippen LogP contribution in [0.1, 0.15) is 11.1 Å². The summed E-state index contributed by atoms with van der Waals surface area (Å²) in [6, 6.07) is 12.4. The Bertz CT molecular complexity index is 773. The molecular weight excluding hydrogens is 276 g/mol. The molecule has 3 aromatic carbocycles. The normalized spacial score (nSPS) is 11.1. The smallest absolute Gasteiger partial charge is 0.131 e. The minimum atomic E-state index is 0.356. The second kappa shape index (κ2) is 5.83. The lowest BCUT2D eigenvalue weighted by Crippen LogP contribution is -2.10. The third kappa shape index (κ3) is 2.08. The molecule has 0 heterocycles. The lowest BCUT2D eigenvalue weighted by molar-refractivity contribution is 0.402. The molecule has 0 amide bonds. The van der Waals surface area contributed by atoms with Gasteiger partial charge < -0.3 is 20.9 Å². The van der Waals surface area contributed by atoms with Crippen LogP contribution in [0.2, 0.25) is 0 Å². The van der Waals surface area contributed by atoms with Crippen molar-refractivity contribution in [2.24, 2.45) is 11.5 Å². The first-order chi connectivity index (χ1) is 10.7. The summed E-state index contributed by atoms with van der Waals surface area (Å²) in [4.78, 5) is 0. The molecule has 0 atom stereocenters. The van der Waals surface area contributed by atoms with Gasteiger partial charge in [-0.2, -0.15) is 0 Å². The SMILES string of the molecule is COc1c(CN)c(CN)c(OC)c2cc3ccccc3cc12. The van der Waals surface area contributed by atoms with E-state index in [0.717, 1.165) is 44.2 Å². The number of hydrogen-bond acceptors (Lipinski definition) is 4. The molecular formula is C18H20N2O2. The van der Waals surface area contributed by atoms with Crippen molar-refractivity contribution in [2.75, 3.05) is 14.2 Å². The van der Waals surface area contributed by atoms with Crippen LogP contribution in [-0.4, -0.2) is 14.2 Å². The Hall–Kier alpha value is -2.30. The van der Waals surface area contributed by atoms with Crippen LogP contribution in [0.15, 0.2) is 36.4 Å². The van der Waals surface area contributed by atoms with Gasteiger partial charge >= 0.3 is 0 Å². The molecule has 3 aromatic rings. The van der Waals surface area contributed by atoms with Gasteiger partial charge in [-0.25, -0.2) is 0 Å². The molecule has 0 aliphatic heterocycles. The number of rotatable bonds is 4. The van der Waals surface area contributed by atoms with Crippen LogP contribution in [0.5, 0.6) is 11.5 Å². The molecule has 0 aliphatic carbocycles. The number of methoxy groups -OCH3 is 2. The summed E-state index contributed by atoms with van der Waals surface area (Å²) in [7, 11) is 3.33. The quantitative estimate of drug-likeness (QED) is 0.726. The Balaban J connectivity index is 2.54. The van der Waals surface area contributed by atoms with Gasteiger partial charge in [0.2, 0.25) is 0 Å². The lowest BCUT2D eigenvalue weighted by atomic mass is 9.95. The minimum absolute atomic E-state index is 0.356. The van der Waals surface area contributed by atoms with Gasteiger partial charge in [0.1, 0.15) is 11.5 Å². The van der Waals surface area contributed by atoms with Gasteiger partial charge in [0.05, 0.1) is 14.2 Å². The fourth-order valence-corrected chi connectivity index (χ4v) is 3.11. The van der Waals surface area contributed by atoms with Crippen LogP contribution < -0.4 is 20.9 Å². The lowest BCUT2D eigenvalue weighted by Gasteiger charge is -2.19. The minimum Gasteiger partial charge on any atom is -0.496 e. The van der Waals surface area contributed by atoms with Crippen molar-refractivity contribution in [3.63, 3.8) is 0 Å². The fourth-order valence-electron chi connectivity index (χ4n) is 3.11. The molecule has 4 N–H and O–H groups in total. The van der Waals surface area contributed by atoms with Gasteiger partial charge in [-0.1, -0.05) is 24.3 Å². The Kier molecular flexibility index (Phi) is 3.88. The molecule has 114 valence electrons. The average Bonchev–Trinajstić information content (AvgIpc) is 2.57. The average molecular weight is 296 g/mol. The Labute approximate surface area is 129 Å². The van der Waals surface area contributed by atoms with E-state index in [1.54, 1.807) is 14.2 Å². The van der Waals surface area contributed by atoms with Crippen molar-refractivity contribution < 1.29 is 9.47 Å². The maximum atomic E-state index is 5.94. The van der Waals surface area contributed by atoms with Crippen LogP contribution in [0.3, 0.4) is 0 Å². The van der Waals surface area contributed by atoms with Crippen molar-refractivity contribution in [1.82, 2.24) is 0 Å². The van der Waals surface area contributed by atoms with E-state index in [9.17, 15) is 0 Å². The van der Waals surface area contributed by atoms with E-state index < -0.39 is 0 Å². The number of benzene rings is 3. The molecule has 0 spiro atoms. The molecule has 3 rings (SSSR count). The maximum absolute atomic E-state index is 5.94. The van der Waals surface area contributed by atoms with Gasteiger partial charge in [0.15, 0.2) is 0 Å². The molecule has 0 fully saturated rings. The third-order valence-corrected chi connectivity index (χ3v) is 4.10. The predicted octanol–water partition coefficient (Wildman–Crippen LogP) is 2.93. The van der Waals surface area contributed by atoms with E-state index in [-0.39, 0.29) is 0 Å². The first kappa shape index (κ1) is 14.6. The van der Waals surface area contributed by atoms with Gasteiger partial charge in [0, 0.05) is 35.0 Å². The van der Waals surface area contributed by atoms with Gasteiger partial charge in [-0.15, -0.1) is 0 Å². The first-order valence-corrected chi connectivity index (χ1v) is 7.23. The largest absolute Gasteiger partial charge is 0.496 e. The summed E-state index contributed by atoms with van der Waals surface area (Å²) < 4.78 is 11.3. The molecule has 0 bridgehead atoms. The number of nitrogens with two attached hydrogens (primary N) is 2. The van der Waals surface area contributed by atoms with Crippen LogP contribution >= 0.6 is 0 Å². The summed E-state index contributed by atoms with van der Waals surface area (Å²) in [6.45, 7) is 0.712. The standard InChI is InChI=1S/C18H20N2O2/c1-21-17-13-7-11-5-3-4-6-12(11)8-14(13)18(22-2)16(10-20)15(17)9-19/h3-8H,9-10,19-20H2,1-2H3. The van der Waals surface area contributed by atoms with E-state index in [1.165, 1.54) is 0 Å². The summed E-state index contributed by atoms with van der Waals surface area (Å²) in [6.07, 6.45) is 0. The molecule has 4 heteroatoms. The maximum Gasteiger partial charge on any atom is 0.131 e. The summed E-state index contributed by atoms with van der Waals surface area (Å²) >= 11 is 0. The number of hydrogen-bond donors (Lipinski definition) is 2. The molecule has 0 saturated carbocycles. The summed E-state index contributed by atoms with van der Waals surface area (Å²) in [5.74, 6) is 1.56. The topological polar surface area (TPSA) is 70.5 Å². The highest BCUT2D eigenvalue weighted by molar-refractivity contribution is 6.05. The van der Waals surface area contributed by atoms with E-state index in [4.69, 9.17) is 20.9 Å². The van der Waals surface area contributed by atoms with Crippen molar-refractivity contribution in [2.45, 2.75) is 13.1 Å². The van der Waals surface area contributed by atoms with Crippen molar-refractivity contribution >= 4 is 21.5 Å². The Morgan fingerprint density at radius 3 is 1.50 bits per heavy atom. The highest BCUT2D eigenvalue weighted by Crippen LogP contribution is 2.42. The molecule has 0 unspecified atom stereocenters. The van der Waals surface area contributed by atoms with Crippen LogP contribution in [-0.2, 0) is 13.1 Å². The Morgan fingerprint density at radius 1 is 0.773 bits per heavy atom. The number of fused-ring (bicyclic) bond motifs is 2. The second-order valence-electron chi connectivity index (χ2n) is 5.18. The molecule has 0 saturated heterocycles. The van der Waals surface area contributed by atoms with E-state index in [2.05, 4.69) is 24.3 Å². The Morgan fingerprint density at radius 2 is 1.18 bits per heavy atom. The fraction of sp³-hybridized carbons (Fsp3) is 0.222. The van der Waals surface area contributed by atoms with Crippen molar-refractivity contribution in [1.29, 1.82) is 0 Å². The molecule has 22 heavy (non-hydrogen) atoms. The van der Waals surface area contributed by atoms with Gasteiger partial charge in [-0.05, 0) is 22.9 Å². The molecule has 0 aliphatic rings. The zero-order valence-corrected chi connectivity index (χ0v) is 12.8. The second-order valence-corrected chi connectivity index (χ2v) is 5.18. The monoisotopic (exact) mass is 296 g/mol. The summed E-state index contributed by atoms with van der Waals surface area (Å²) in [5.41, 5.74) is 13.7. The molecule has 4 nitrogen and oxygen atoms in total. The first-order valence-electron chi connectivity index (χ1n) is 7.23. The third-order valence-electron chi connectivity index (χ3n) is 4.10. The molecule has 0 aromatic heterocycles. The van der Waals surface area contributed by atoms with Crippen molar-refractivity contribution in [3.8, 4) is 11.5 Å². The number of ether oxygens (including phenoxy) is 2. The van der Waals surface area contributed by atoms with Gasteiger partial charge in [0.25, 0.3) is 0 Å². The van der Waals surface area contributed by atoms with E-state index in [1.807, 2.05) is 12.1 Å².